The highest BCUT2D eigenvalue weighted by Crippen LogP contribution is 2.23. The molecule has 1 heterocycles. The molecule has 1 N–H and O–H groups in total. The van der Waals surface area contributed by atoms with Gasteiger partial charge < -0.3 is 5.32 Å². The Balaban J connectivity index is 2.27. The molecule has 0 spiro atoms. The van der Waals surface area contributed by atoms with Crippen molar-refractivity contribution in [2.45, 2.75) is 24.7 Å². The van der Waals surface area contributed by atoms with E-state index >= 15 is 0 Å². The molecule has 0 amide bonds. The van der Waals surface area contributed by atoms with E-state index in [-0.39, 0.29) is 5.92 Å². The Morgan fingerprint density at radius 2 is 2.00 bits per heavy atom. The molecule has 2 rings (SSSR count). The smallest absolute Gasteiger partial charge is 0.135 e. The van der Waals surface area contributed by atoms with E-state index in [4.69, 9.17) is 11.6 Å². The Kier molecular flexibility index (Phi) is 4.66. The van der Waals surface area contributed by atoms with Crippen molar-refractivity contribution in [2.75, 3.05) is 11.6 Å². The van der Waals surface area contributed by atoms with E-state index in [0.29, 0.717) is 5.15 Å². The Hall–Kier alpha value is -1.26. The second-order valence-electron chi connectivity index (χ2n) is 4.45. The molecule has 0 unspecified atom stereocenters. The van der Waals surface area contributed by atoms with Crippen LogP contribution in [-0.4, -0.2) is 16.2 Å². The lowest BCUT2D eigenvalue weighted by Crippen LogP contribution is -2.02. The van der Waals surface area contributed by atoms with Crippen molar-refractivity contribution in [1.82, 2.24) is 9.97 Å². The second-order valence-corrected chi connectivity index (χ2v) is 5.71. The Morgan fingerprint density at radius 1 is 1.21 bits per heavy atom. The van der Waals surface area contributed by atoms with Crippen molar-refractivity contribution in [1.29, 1.82) is 0 Å². The van der Waals surface area contributed by atoms with E-state index < -0.39 is 0 Å². The Morgan fingerprint density at radius 3 is 2.68 bits per heavy atom. The monoisotopic (exact) mass is 293 g/mol. The van der Waals surface area contributed by atoms with Crippen LogP contribution in [0, 0.1) is 0 Å². The minimum atomic E-state index is 0.247. The summed E-state index contributed by atoms with van der Waals surface area (Å²) in [5, 5.41) is 3.73. The largest absolute Gasteiger partial charge is 0.340 e. The first kappa shape index (κ1) is 14.2. The molecule has 0 aliphatic rings. The quantitative estimate of drug-likeness (QED) is 0.654. The fourth-order valence-corrected chi connectivity index (χ4v) is 2.26. The minimum absolute atomic E-state index is 0.247. The van der Waals surface area contributed by atoms with E-state index in [2.05, 4.69) is 33.7 Å². The Labute approximate surface area is 122 Å². The average Bonchev–Trinajstić information content (AvgIpc) is 2.38. The van der Waals surface area contributed by atoms with Crippen molar-refractivity contribution in [2.24, 2.45) is 0 Å². The van der Waals surface area contributed by atoms with Gasteiger partial charge in [-0.15, -0.1) is 11.8 Å². The number of aromatic nitrogens is 2. The molecule has 1 aromatic heterocycles. The van der Waals surface area contributed by atoms with Gasteiger partial charge in [-0.25, -0.2) is 9.97 Å². The number of thioether (sulfide) groups is 1. The summed E-state index contributed by atoms with van der Waals surface area (Å²) in [7, 11) is 0. The molecule has 2 aromatic rings. The zero-order valence-electron chi connectivity index (χ0n) is 11.1. The summed E-state index contributed by atoms with van der Waals surface area (Å²) >= 11 is 7.73. The third-order valence-electron chi connectivity index (χ3n) is 2.57. The molecule has 1 aromatic carbocycles. The van der Waals surface area contributed by atoms with Crippen LogP contribution in [0.25, 0.3) is 0 Å². The van der Waals surface area contributed by atoms with Gasteiger partial charge in [0.2, 0.25) is 0 Å². The molecule has 0 fully saturated rings. The summed E-state index contributed by atoms with van der Waals surface area (Å²) in [6.45, 7) is 4.09. The molecule has 0 atom stereocenters. The van der Waals surface area contributed by atoms with E-state index in [1.165, 1.54) is 4.90 Å². The summed E-state index contributed by atoms with van der Waals surface area (Å²) in [4.78, 5) is 9.89. The average molecular weight is 294 g/mol. The summed E-state index contributed by atoms with van der Waals surface area (Å²) in [6.07, 6.45) is 2.05. The maximum atomic E-state index is 6.02. The summed E-state index contributed by atoms with van der Waals surface area (Å²) in [6, 6.07) is 9.91. The summed E-state index contributed by atoms with van der Waals surface area (Å²) in [5.74, 6) is 1.72. The molecular formula is C14H16ClN3S. The van der Waals surface area contributed by atoms with Crippen LogP contribution in [0.15, 0.2) is 35.2 Å². The highest BCUT2D eigenvalue weighted by molar-refractivity contribution is 7.98. The number of nitrogens with one attached hydrogen (secondary N) is 1. The van der Waals surface area contributed by atoms with Gasteiger partial charge in [0.05, 0.1) is 0 Å². The first-order valence-corrected chi connectivity index (χ1v) is 7.64. The molecular weight excluding hydrogens is 278 g/mol. The molecule has 0 aliphatic heterocycles. The van der Waals surface area contributed by atoms with Crippen LogP contribution in [0.1, 0.15) is 25.6 Å². The van der Waals surface area contributed by atoms with E-state index in [0.717, 1.165) is 17.3 Å². The van der Waals surface area contributed by atoms with Crippen LogP contribution in [0.2, 0.25) is 5.15 Å². The molecule has 0 aliphatic carbocycles. The molecule has 0 radical (unpaired) electrons. The predicted molar refractivity (Wildman–Crippen MR) is 82.6 cm³/mol. The number of halogens is 1. The van der Waals surface area contributed by atoms with Crippen molar-refractivity contribution in [3.63, 3.8) is 0 Å². The van der Waals surface area contributed by atoms with Gasteiger partial charge in [-0.3, -0.25) is 0 Å². The summed E-state index contributed by atoms with van der Waals surface area (Å²) < 4.78 is 0. The maximum Gasteiger partial charge on any atom is 0.135 e. The van der Waals surface area contributed by atoms with Gasteiger partial charge in [-0.1, -0.05) is 31.5 Å². The number of nitrogens with zero attached hydrogens (tertiary/aromatic N) is 2. The number of rotatable bonds is 4. The van der Waals surface area contributed by atoms with Crippen LogP contribution in [0.5, 0.6) is 0 Å². The molecule has 0 saturated heterocycles. The lowest BCUT2D eigenvalue weighted by molar-refractivity contribution is 0.776. The van der Waals surface area contributed by atoms with Crippen LogP contribution < -0.4 is 5.32 Å². The molecule has 5 heteroatoms. The van der Waals surface area contributed by atoms with Gasteiger partial charge in [0.1, 0.15) is 16.8 Å². The first-order valence-electron chi connectivity index (χ1n) is 6.04. The van der Waals surface area contributed by atoms with Gasteiger partial charge >= 0.3 is 0 Å². The van der Waals surface area contributed by atoms with Gasteiger partial charge in [-0.05, 0) is 24.5 Å². The van der Waals surface area contributed by atoms with Crippen LogP contribution >= 0.6 is 23.4 Å². The van der Waals surface area contributed by atoms with Crippen molar-refractivity contribution >= 4 is 34.9 Å². The minimum Gasteiger partial charge on any atom is -0.340 e. The van der Waals surface area contributed by atoms with Crippen LogP contribution in [-0.2, 0) is 0 Å². The SMILES string of the molecule is CSc1cccc(Nc2cc(Cl)nc(C(C)C)n2)c1. The van der Waals surface area contributed by atoms with Gasteiger partial charge in [-0.2, -0.15) is 0 Å². The topological polar surface area (TPSA) is 37.8 Å². The Bertz CT molecular complexity index is 572. The highest BCUT2D eigenvalue weighted by atomic mass is 35.5. The number of hydrogen-bond donors (Lipinski definition) is 1. The van der Waals surface area contributed by atoms with Crippen LogP contribution in [0.3, 0.4) is 0 Å². The van der Waals surface area contributed by atoms with Gasteiger partial charge in [0.15, 0.2) is 0 Å². The molecule has 0 saturated carbocycles. The third kappa shape index (κ3) is 3.85. The second kappa shape index (κ2) is 6.26. The predicted octanol–water partition coefficient (Wildman–Crippen LogP) is 4.72. The van der Waals surface area contributed by atoms with E-state index in [9.17, 15) is 0 Å². The van der Waals surface area contributed by atoms with E-state index in [1.54, 1.807) is 17.8 Å². The molecule has 100 valence electrons. The fourth-order valence-electron chi connectivity index (χ4n) is 1.61. The molecule has 3 nitrogen and oxygen atoms in total. The number of hydrogen-bond acceptors (Lipinski definition) is 4. The normalized spacial score (nSPS) is 10.8. The van der Waals surface area contributed by atoms with Crippen molar-refractivity contribution in [3.8, 4) is 0 Å². The third-order valence-corrected chi connectivity index (χ3v) is 3.49. The fraction of sp³-hybridized carbons (Fsp3) is 0.286. The maximum absolute atomic E-state index is 6.02. The van der Waals surface area contributed by atoms with Crippen molar-refractivity contribution < 1.29 is 0 Å². The molecule has 19 heavy (non-hydrogen) atoms. The molecule has 0 bridgehead atoms. The zero-order valence-corrected chi connectivity index (χ0v) is 12.7. The van der Waals surface area contributed by atoms with Crippen molar-refractivity contribution in [3.05, 3.63) is 41.3 Å². The van der Waals surface area contributed by atoms with Gasteiger partial charge in [0.25, 0.3) is 0 Å². The van der Waals surface area contributed by atoms with Gasteiger partial charge in [0, 0.05) is 22.6 Å². The summed E-state index contributed by atoms with van der Waals surface area (Å²) in [5.41, 5.74) is 0.997. The number of anilines is 2. The number of benzene rings is 1. The lowest BCUT2D eigenvalue weighted by atomic mass is 10.2. The van der Waals surface area contributed by atoms with E-state index in [1.807, 2.05) is 26.0 Å². The zero-order chi connectivity index (χ0) is 13.8. The highest BCUT2D eigenvalue weighted by Gasteiger charge is 2.07. The first-order chi connectivity index (χ1) is 9.08. The lowest BCUT2D eigenvalue weighted by Gasteiger charge is -2.10. The van der Waals surface area contributed by atoms with Crippen LogP contribution in [0.4, 0.5) is 11.5 Å². The standard InChI is InChI=1S/C14H16ClN3S/c1-9(2)14-17-12(15)8-13(18-14)16-10-5-4-6-11(7-10)19-3/h4-9H,1-3H3,(H,16,17,18).